The van der Waals surface area contributed by atoms with Crippen LogP contribution in [-0.2, 0) is 0 Å². The highest BCUT2D eigenvalue weighted by Gasteiger charge is 2.22. The van der Waals surface area contributed by atoms with E-state index in [1.54, 1.807) is 0 Å². The van der Waals surface area contributed by atoms with Crippen LogP contribution in [0.25, 0.3) is 65.7 Å². The quantitative estimate of drug-likeness (QED) is 0.221. The summed E-state index contributed by atoms with van der Waals surface area (Å²) in [5.74, 6) is 0. The molecule has 0 aliphatic rings. The van der Waals surface area contributed by atoms with Crippen molar-refractivity contribution < 1.29 is 14.5 Å². The minimum atomic E-state index is -1.55. The van der Waals surface area contributed by atoms with E-state index in [1.807, 2.05) is 60.7 Å². The van der Waals surface area contributed by atoms with Crippen molar-refractivity contribution in [3.05, 3.63) is 115 Å². The maximum atomic E-state index is 10.2. The molecule has 36 heavy (non-hydrogen) atoms. The van der Waals surface area contributed by atoms with Gasteiger partial charge in [-0.1, -0.05) is 97.1 Å². The van der Waals surface area contributed by atoms with Crippen LogP contribution in [0.1, 0.15) is 0 Å². The molecule has 6 aromatic carbocycles. The molecule has 0 radical (unpaired) electrons. The lowest BCUT2D eigenvalue weighted by molar-refractivity contribution is 0.426. The summed E-state index contributed by atoms with van der Waals surface area (Å²) in [5, 5.41) is 26.4. The first-order chi connectivity index (χ1) is 17.7. The zero-order valence-electron chi connectivity index (χ0n) is 19.3. The average Bonchev–Trinajstić information content (AvgIpc) is 3.29. The van der Waals surface area contributed by atoms with Crippen LogP contribution in [0.4, 0.5) is 0 Å². The number of benzene rings is 6. The van der Waals surface area contributed by atoms with E-state index in [0.717, 1.165) is 65.7 Å². The molecule has 0 spiro atoms. The molecular formula is C32H21BO3. The maximum absolute atomic E-state index is 10.2. The number of furan rings is 1. The van der Waals surface area contributed by atoms with E-state index in [-0.39, 0.29) is 0 Å². The van der Waals surface area contributed by atoms with Gasteiger partial charge in [-0.15, -0.1) is 0 Å². The average molecular weight is 464 g/mol. The fourth-order valence-electron chi connectivity index (χ4n) is 5.49. The summed E-state index contributed by atoms with van der Waals surface area (Å²) >= 11 is 0. The van der Waals surface area contributed by atoms with Crippen LogP contribution in [0, 0.1) is 0 Å². The van der Waals surface area contributed by atoms with Crippen LogP contribution in [0.2, 0.25) is 0 Å². The summed E-state index contributed by atoms with van der Waals surface area (Å²) in [4.78, 5) is 0. The fraction of sp³-hybridized carbons (Fsp3) is 0. The van der Waals surface area contributed by atoms with E-state index in [4.69, 9.17) is 4.42 Å². The SMILES string of the molecule is OB(O)c1c2ccccc2c(-c2ccc(-c3ccc4oc5ccccc5c4c3)cc2)c2ccccc12. The molecule has 0 amide bonds. The fourth-order valence-corrected chi connectivity index (χ4v) is 5.49. The van der Waals surface area contributed by atoms with Crippen molar-refractivity contribution in [3.63, 3.8) is 0 Å². The highest BCUT2D eigenvalue weighted by atomic mass is 16.4. The van der Waals surface area contributed by atoms with Crippen molar-refractivity contribution in [3.8, 4) is 22.3 Å². The second kappa shape index (κ2) is 8.09. The van der Waals surface area contributed by atoms with E-state index >= 15 is 0 Å². The Balaban J connectivity index is 1.41. The Bertz CT molecular complexity index is 1860. The predicted octanol–water partition coefficient (Wildman–Crippen LogP) is 6.91. The van der Waals surface area contributed by atoms with E-state index in [0.29, 0.717) is 5.46 Å². The van der Waals surface area contributed by atoms with E-state index in [2.05, 4.69) is 54.6 Å². The van der Waals surface area contributed by atoms with Crippen LogP contribution in [0.5, 0.6) is 0 Å². The Morgan fingerprint density at radius 2 is 0.944 bits per heavy atom. The lowest BCUT2D eigenvalue weighted by atomic mass is 9.72. The van der Waals surface area contributed by atoms with Gasteiger partial charge in [0.1, 0.15) is 11.2 Å². The molecule has 0 saturated carbocycles. The Hall–Kier alpha value is -4.38. The molecule has 7 rings (SSSR count). The number of rotatable bonds is 3. The molecule has 3 nitrogen and oxygen atoms in total. The molecule has 0 fully saturated rings. The number of fused-ring (bicyclic) bond motifs is 5. The lowest BCUT2D eigenvalue weighted by Gasteiger charge is -2.17. The van der Waals surface area contributed by atoms with Gasteiger partial charge < -0.3 is 14.5 Å². The van der Waals surface area contributed by atoms with E-state index in [9.17, 15) is 10.0 Å². The first-order valence-corrected chi connectivity index (χ1v) is 12.0. The standard InChI is InChI=1S/C32H21BO3/c34-33(35)32-26-10-3-1-8-24(26)31(25-9-2-4-11-27(25)32)21-15-13-20(14-16-21)22-17-18-30-28(19-22)23-7-5-6-12-29(23)36-30/h1-19,34-35H. The van der Waals surface area contributed by atoms with Crippen LogP contribution in [0.15, 0.2) is 120 Å². The van der Waals surface area contributed by atoms with Gasteiger partial charge >= 0.3 is 7.12 Å². The zero-order chi connectivity index (χ0) is 24.2. The number of hydrogen-bond donors (Lipinski definition) is 2. The van der Waals surface area contributed by atoms with E-state index < -0.39 is 7.12 Å². The molecule has 1 aromatic heterocycles. The molecule has 0 aliphatic carbocycles. The molecule has 0 aliphatic heterocycles. The van der Waals surface area contributed by atoms with Crippen molar-refractivity contribution in [1.29, 1.82) is 0 Å². The molecule has 7 aromatic rings. The van der Waals surface area contributed by atoms with Gasteiger partial charge in [-0.25, -0.2) is 0 Å². The molecule has 0 saturated heterocycles. The molecule has 0 bridgehead atoms. The second-order valence-electron chi connectivity index (χ2n) is 9.14. The Kier molecular flexibility index (Phi) is 4.71. The van der Waals surface area contributed by atoms with Gasteiger partial charge in [-0.2, -0.15) is 0 Å². The van der Waals surface area contributed by atoms with Crippen molar-refractivity contribution in [2.45, 2.75) is 0 Å². The molecule has 170 valence electrons. The highest BCUT2D eigenvalue weighted by Crippen LogP contribution is 2.37. The molecule has 0 atom stereocenters. The molecule has 2 N–H and O–H groups in total. The van der Waals surface area contributed by atoms with Crippen LogP contribution in [-0.4, -0.2) is 17.2 Å². The van der Waals surface area contributed by atoms with Crippen molar-refractivity contribution in [2.75, 3.05) is 0 Å². The third kappa shape index (κ3) is 3.16. The molecule has 1 heterocycles. The smallest absolute Gasteiger partial charge is 0.456 e. The normalized spacial score (nSPS) is 11.6. The Morgan fingerprint density at radius 3 is 1.58 bits per heavy atom. The van der Waals surface area contributed by atoms with Gasteiger partial charge in [0.25, 0.3) is 0 Å². The largest absolute Gasteiger partial charge is 0.489 e. The monoisotopic (exact) mass is 464 g/mol. The molecule has 0 unspecified atom stereocenters. The van der Waals surface area contributed by atoms with Crippen molar-refractivity contribution in [2.24, 2.45) is 0 Å². The first kappa shape index (κ1) is 21.0. The van der Waals surface area contributed by atoms with Crippen LogP contribution < -0.4 is 5.46 Å². The van der Waals surface area contributed by atoms with Gasteiger partial charge in [0.15, 0.2) is 0 Å². The topological polar surface area (TPSA) is 53.6 Å². The minimum Gasteiger partial charge on any atom is -0.456 e. The minimum absolute atomic E-state index is 0.544. The number of para-hydroxylation sites is 1. The summed E-state index contributed by atoms with van der Waals surface area (Å²) in [6, 6.07) is 38.9. The molecular weight excluding hydrogens is 443 g/mol. The molecule has 4 heteroatoms. The van der Waals surface area contributed by atoms with Crippen molar-refractivity contribution >= 4 is 56.1 Å². The van der Waals surface area contributed by atoms with Gasteiger partial charge in [0.2, 0.25) is 0 Å². The van der Waals surface area contributed by atoms with E-state index in [1.165, 1.54) is 0 Å². The van der Waals surface area contributed by atoms with Gasteiger partial charge in [0.05, 0.1) is 0 Å². The first-order valence-electron chi connectivity index (χ1n) is 12.0. The second-order valence-corrected chi connectivity index (χ2v) is 9.14. The summed E-state index contributed by atoms with van der Waals surface area (Å²) in [6.07, 6.45) is 0. The summed E-state index contributed by atoms with van der Waals surface area (Å²) < 4.78 is 5.99. The third-order valence-electron chi connectivity index (χ3n) is 7.11. The van der Waals surface area contributed by atoms with Gasteiger partial charge in [-0.3, -0.25) is 0 Å². The summed E-state index contributed by atoms with van der Waals surface area (Å²) in [6.45, 7) is 0. The Morgan fingerprint density at radius 1 is 0.444 bits per heavy atom. The zero-order valence-corrected chi connectivity index (χ0v) is 19.3. The summed E-state index contributed by atoms with van der Waals surface area (Å²) in [7, 11) is -1.55. The van der Waals surface area contributed by atoms with Gasteiger partial charge in [-0.05, 0) is 67.5 Å². The highest BCUT2D eigenvalue weighted by molar-refractivity contribution is 6.66. The predicted molar refractivity (Wildman–Crippen MR) is 149 cm³/mol. The third-order valence-corrected chi connectivity index (χ3v) is 7.11. The van der Waals surface area contributed by atoms with Gasteiger partial charge in [0, 0.05) is 10.8 Å². The maximum Gasteiger partial charge on any atom is 0.489 e. The van der Waals surface area contributed by atoms with Crippen molar-refractivity contribution in [1.82, 2.24) is 0 Å². The van der Waals surface area contributed by atoms with Crippen LogP contribution in [0.3, 0.4) is 0 Å². The summed E-state index contributed by atoms with van der Waals surface area (Å²) in [5.41, 5.74) is 6.77. The van der Waals surface area contributed by atoms with Crippen LogP contribution >= 0.6 is 0 Å². The lowest BCUT2D eigenvalue weighted by Crippen LogP contribution is -2.31. The Labute approximate surface area is 208 Å². The number of hydrogen-bond acceptors (Lipinski definition) is 3.